The summed E-state index contributed by atoms with van der Waals surface area (Å²) < 4.78 is 6.86. The summed E-state index contributed by atoms with van der Waals surface area (Å²) in [6.07, 6.45) is 3.29. The number of hydrogen-bond donors (Lipinski definition) is 1. The van der Waals surface area contributed by atoms with Crippen molar-refractivity contribution in [3.8, 4) is 5.75 Å². The summed E-state index contributed by atoms with van der Waals surface area (Å²) in [6, 6.07) is 10.7. The van der Waals surface area contributed by atoms with Crippen LogP contribution < -0.4 is 4.40 Å². The summed E-state index contributed by atoms with van der Waals surface area (Å²) in [4.78, 5) is 12.2. The van der Waals surface area contributed by atoms with Crippen LogP contribution in [0.4, 0.5) is 0 Å². The smallest absolute Gasteiger partial charge is 0.348 e. The number of benzene rings is 1. The number of hydrogen-bond acceptors (Lipinski definition) is 3. The van der Waals surface area contributed by atoms with E-state index < -0.39 is 5.97 Å². The van der Waals surface area contributed by atoms with E-state index in [9.17, 15) is 9.90 Å². The van der Waals surface area contributed by atoms with E-state index in [1.807, 2.05) is 22.7 Å². The van der Waals surface area contributed by atoms with Crippen LogP contribution in [0.2, 0.25) is 5.02 Å². The molecule has 0 fully saturated rings. The Kier molecular flexibility index (Phi) is 5.64. The Balaban J connectivity index is 0.000000924. The molecule has 2 heterocycles. The number of aromatic hydroxyl groups is 1. The molecule has 0 bridgehead atoms. The molecule has 0 saturated heterocycles. The highest BCUT2D eigenvalue weighted by Gasteiger charge is 2.27. The molecule has 120 valence electrons. The van der Waals surface area contributed by atoms with E-state index in [-0.39, 0.29) is 17.9 Å². The molecule has 4 nitrogen and oxygen atoms in total. The number of alkyl halides is 1. The summed E-state index contributed by atoms with van der Waals surface area (Å²) in [7, 11) is 0. The van der Waals surface area contributed by atoms with Crippen LogP contribution in [0, 0.1) is 0 Å². The van der Waals surface area contributed by atoms with E-state index in [4.69, 9.17) is 16.3 Å². The van der Waals surface area contributed by atoms with Crippen molar-refractivity contribution >= 4 is 45.6 Å². The summed E-state index contributed by atoms with van der Waals surface area (Å²) in [6.45, 7) is 1.95. The van der Waals surface area contributed by atoms with Gasteiger partial charge in [-0.3, -0.25) is 0 Å². The lowest BCUT2D eigenvalue weighted by molar-refractivity contribution is -0.481. The molecule has 0 amide bonds. The van der Waals surface area contributed by atoms with Gasteiger partial charge in [0, 0.05) is 24.6 Å². The zero-order chi connectivity index (χ0) is 17.0. The van der Waals surface area contributed by atoms with Gasteiger partial charge in [-0.1, -0.05) is 17.7 Å². The molecule has 1 aromatic carbocycles. The van der Waals surface area contributed by atoms with Crippen molar-refractivity contribution < 1.29 is 19.0 Å². The fraction of sp³-hybridized carbons (Fsp3) is 0.176. The second-order valence-corrected chi connectivity index (χ2v) is 4.94. The number of nitrogens with zero attached hydrogens (tertiary/aromatic N) is 1. The third-order valence-corrected chi connectivity index (χ3v) is 3.64. The van der Waals surface area contributed by atoms with E-state index >= 15 is 0 Å². The average Bonchev–Trinajstić information content (AvgIpc) is 2.57. The number of aromatic nitrogens is 1. The van der Waals surface area contributed by atoms with Gasteiger partial charge in [0.2, 0.25) is 11.0 Å². The normalized spacial score (nSPS) is 10.3. The van der Waals surface area contributed by atoms with Gasteiger partial charge in [-0.15, -0.1) is 11.6 Å². The highest BCUT2D eigenvalue weighted by Crippen LogP contribution is 2.34. The number of ether oxygens (including phenoxy) is 1. The van der Waals surface area contributed by atoms with Gasteiger partial charge in [0.1, 0.15) is 5.39 Å². The van der Waals surface area contributed by atoms with E-state index in [0.717, 1.165) is 5.52 Å². The van der Waals surface area contributed by atoms with Crippen LogP contribution in [0.5, 0.6) is 5.75 Å². The molecule has 3 aromatic rings. The summed E-state index contributed by atoms with van der Waals surface area (Å²) in [5.41, 5.74) is 1.42. The van der Waals surface area contributed by atoms with Crippen LogP contribution in [-0.4, -0.2) is 24.1 Å². The predicted molar refractivity (Wildman–Crippen MR) is 91.5 cm³/mol. The quantitative estimate of drug-likeness (QED) is 0.328. The van der Waals surface area contributed by atoms with Gasteiger partial charge >= 0.3 is 5.97 Å². The van der Waals surface area contributed by atoms with Crippen molar-refractivity contribution in [2.45, 2.75) is 6.92 Å². The lowest BCUT2D eigenvalue weighted by Gasteiger charge is -2.08. The van der Waals surface area contributed by atoms with Crippen LogP contribution in [0.1, 0.15) is 17.3 Å². The molecule has 23 heavy (non-hydrogen) atoms. The molecule has 0 saturated carbocycles. The second kappa shape index (κ2) is 7.49. The minimum atomic E-state index is -0.569. The molecule has 0 aliphatic carbocycles. The van der Waals surface area contributed by atoms with Gasteiger partial charge in [0.15, 0.2) is 17.5 Å². The maximum atomic E-state index is 12.2. The first-order chi connectivity index (χ1) is 11.1. The molecule has 6 heteroatoms. The Morgan fingerprint density at radius 1 is 1.17 bits per heavy atom. The monoisotopic (exact) mass is 352 g/mol. The zero-order valence-corrected chi connectivity index (χ0v) is 14.2. The van der Waals surface area contributed by atoms with Crippen LogP contribution in [0.3, 0.4) is 0 Å². The van der Waals surface area contributed by atoms with Crippen LogP contribution in [-0.2, 0) is 4.74 Å². The third kappa shape index (κ3) is 3.05. The Labute approximate surface area is 143 Å². The minimum absolute atomic E-state index is 0.123. The molecule has 0 spiro atoms. The first kappa shape index (κ1) is 17.3. The lowest BCUT2D eigenvalue weighted by atomic mass is 10.1. The van der Waals surface area contributed by atoms with Crippen LogP contribution >= 0.6 is 23.2 Å². The largest absolute Gasteiger partial charge is 0.506 e. The maximum absolute atomic E-state index is 12.2. The molecular weight excluding hydrogens is 337 g/mol. The predicted octanol–water partition coefficient (Wildman–Crippen LogP) is 3.97. The number of rotatable bonds is 2. The van der Waals surface area contributed by atoms with Gasteiger partial charge in [-0.25, -0.2) is 4.79 Å². The number of pyridine rings is 2. The Morgan fingerprint density at radius 3 is 2.57 bits per heavy atom. The molecule has 3 rings (SSSR count). The first-order valence-corrected chi connectivity index (χ1v) is 8.07. The number of carbonyl (C=O) groups is 1. The average molecular weight is 353 g/mol. The number of esters is 1. The number of fused-ring (bicyclic) bond motifs is 3. The topological polar surface area (TPSA) is 50.6 Å². The van der Waals surface area contributed by atoms with Crippen molar-refractivity contribution in [3.05, 3.63) is 53.2 Å². The van der Waals surface area contributed by atoms with Gasteiger partial charge in [-0.05, 0) is 19.1 Å². The molecule has 0 aliphatic rings. The highest BCUT2D eigenvalue weighted by molar-refractivity contribution is 6.36. The fourth-order valence-corrected chi connectivity index (χ4v) is 2.71. The van der Waals surface area contributed by atoms with Gasteiger partial charge in [0.25, 0.3) is 0 Å². The van der Waals surface area contributed by atoms with Gasteiger partial charge < -0.3 is 9.84 Å². The fourth-order valence-electron chi connectivity index (χ4n) is 2.46. The van der Waals surface area contributed by atoms with Crippen LogP contribution in [0.15, 0.2) is 42.6 Å². The highest BCUT2D eigenvalue weighted by atomic mass is 35.5. The van der Waals surface area contributed by atoms with Crippen LogP contribution in [0.25, 0.3) is 16.4 Å². The van der Waals surface area contributed by atoms with Gasteiger partial charge in [0.05, 0.1) is 11.6 Å². The third-order valence-electron chi connectivity index (χ3n) is 3.32. The molecule has 0 atom stereocenters. The Bertz CT molecular complexity index is 865. The van der Waals surface area contributed by atoms with Crippen molar-refractivity contribution in [2.75, 3.05) is 13.0 Å². The molecule has 0 unspecified atom stereocenters. The Morgan fingerprint density at radius 2 is 1.87 bits per heavy atom. The molecule has 2 aromatic heterocycles. The van der Waals surface area contributed by atoms with E-state index in [1.165, 1.54) is 6.38 Å². The Hall–Kier alpha value is -2.04. The lowest BCUT2D eigenvalue weighted by Crippen LogP contribution is -2.25. The number of carbonyl (C=O) groups excluding carboxylic acids is 1. The molecule has 0 radical (unpaired) electrons. The van der Waals surface area contributed by atoms with Gasteiger partial charge in [-0.2, -0.15) is 4.40 Å². The summed E-state index contributed by atoms with van der Waals surface area (Å²) >= 11 is 10.8. The van der Waals surface area contributed by atoms with Crippen molar-refractivity contribution in [2.24, 2.45) is 0 Å². The summed E-state index contributed by atoms with van der Waals surface area (Å²) in [5.74, 6) is -0.722. The van der Waals surface area contributed by atoms with E-state index in [1.54, 1.807) is 31.2 Å². The van der Waals surface area contributed by atoms with E-state index in [0.29, 0.717) is 15.9 Å². The standard InChI is InChI=1S/C16H12ClNO3.CH3Cl/c1-2-21-16(20)14-12-7-3-4-9-18(12)11-8-5-6-10(17)13(11)15(14)19;1-2/h3-9H,2H2,1H3;1H3/p+1. The molecular formula is C17H16Cl2NO3+. The molecule has 0 aliphatic heterocycles. The van der Waals surface area contributed by atoms with Crippen molar-refractivity contribution in [1.29, 1.82) is 0 Å². The minimum Gasteiger partial charge on any atom is -0.506 e. The second-order valence-electron chi connectivity index (χ2n) is 4.53. The zero-order valence-electron chi connectivity index (χ0n) is 12.7. The van der Waals surface area contributed by atoms with E-state index in [2.05, 4.69) is 11.6 Å². The first-order valence-electron chi connectivity index (χ1n) is 6.93. The SMILES string of the molecule is CCOC(=O)c1c(O)c2c(Cl)cccc2[n+]2ccccc12.CCl. The maximum Gasteiger partial charge on any atom is 0.348 e. The summed E-state index contributed by atoms with van der Waals surface area (Å²) in [5, 5.41) is 11.3. The number of halogens is 2. The van der Waals surface area contributed by atoms with Crippen molar-refractivity contribution in [1.82, 2.24) is 0 Å². The molecule has 1 N–H and O–H groups in total. The van der Waals surface area contributed by atoms with Crippen molar-refractivity contribution in [3.63, 3.8) is 0 Å².